The van der Waals surface area contributed by atoms with E-state index in [4.69, 9.17) is 24.2 Å². The van der Waals surface area contributed by atoms with Crippen molar-refractivity contribution in [3.05, 3.63) is 131 Å². The number of ketones is 1. The van der Waals surface area contributed by atoms with Crippen molar-refractivity contribution >= 4 is 70.0 Å². The molecule has 0 radical (unpaired) electrons. The van der Waals surface area contributed by atoms with Crippen molar-refractivity contribution in [3.8, 4) is 17.2 Å². The Balaban J connectivity index is 0.731. The number of aliphatic hydroxyl groups is 1. The first-order valence-electron chi connectivity index (χ1n) is 22.7. The number of likely N-dealkylation sites (tertiary alicyclic amines) is 1. The van der Waals surface area contributed by atoms with Crippen molar-refractivity contribution in [2.24, 2.45) is 9.98 Å². The van der Waals surface area contributed by atoms with Crippen LogP contribution in [0.1, 0.15) is 62.2 Å². The Morgan fingerprint density at radius 1 is 0.768 bits per heavy atom. The fourth-order valence-corrected chi connectivity index (χ4v) is 12.3. The second-order valence-corrected chi connectivity index (χ2v) is 20.7. The summed E-state index contributed by atoms with van der Waals surface area (Å²) < 4.78 is 21.4. The van der Waals surface area contributed by atoms with Gasteiger partial charge in [0.05, 0.1) is 44.2 Å². The van der Waals surface area contributed by atoms with Crippen LogP contribution in [-0.4, -0.2) is 125 Å². The molecule has 2 N–H and O–H groups in total. The van der Waals surface area contributed by atoms with Crippen molar-refractivity contribution in [2.75, 3.05) is 44.3 Å². The maximum atomic E-state index is 14.0. The molecule has 0 spiro atoms. The molecule has 352 valence electrons. The van der Waals surface area contributed by atoms with E-state index in [2.05, 4.69) is 28.1 Å². The summed E-state index contributed by atoms with van der Waals surface area (Å²) in [6.07, 6.45) is 11.5. The summed E-state index contributed by atoms with van der Waals surface area (Å²) in [6.45, 7) is 2.91. The van der Waals surface area contributed by atoms with Gasteiger partial charge in [-0.1, -0.05) is 29.8 Å². The van der Waals surface area contributed by atoms with Gasteiger partial charge in [0.2, 0.25) is 0 Å². The monoisotopic (exact) mass is 1100 g/mol. The summed E-state index contributed by atoms with van der Waals surface area (Å²) in [5, 5.41) is 10.3. The van der Waals surface area contributed by atoms with Crippen LogP contribution in [0, 0.1) is 6.92 Å². The molecule has 0 unspecified atom stereocenters. The topological polar surface area (TPSA) is 183 Å². The number of anilines is 1. The third kappa shape index (κ3) is 8.72. The molecule has 0 aromatic heterocycles. The van der Waals surface area contributed by atoms with E-state index < -0.39 is 36.2 Å². The number of hydrogen-bond donors (Lipinski definition) is 2. The molecular formula is C52H49N7O9W. The van der Waals surface area contributed by atoms with Crippen LogP contribution in [0.15, 0.2) is 107 Å². The zero-order valence-electron chi connectivity index (χ0n) is 38.2. The van der Waals surface area contributed by atoms with Gasteiger partial charge in [-0.25, -0.2) is 0 Å². The van der Waals surface area contributed by atoms with Gasteiger partial charge in [-0.05, 0) is 24.1 Å². The molecule has 0 bridgehead atoms. The van der Waals surface area contributed by atoms with Crippen molar-refractivity contribution in [2.45, 2.75) is 55.2 Å². The third-order valence-electron chi connectivity index (χ3n) is 13.2. The summed E-state index contributed by atoms with van der Waals surface area (Å²) >= 11 is -1.40. The Hall–Kier alpha value is -7.00. The standard InChI is InChI=1S/C42H38N5O6.C10H11N2O3.W/c1-25-4-6-26(7-5-25)28-14-32-20-44-36-18-38(30(24-48)16-34(36)41(49)46(32)22-28)52-12-3-13-53-40-19-37-35(17-39(40)51-2)42(50)47-23-29(15-33(47)21-45-37)27-8-10-31(43)11-9-27;1-7(13)10(5-11(2)6-10)12-8(14)3-4-9(12)15;/h4-11,16-23,32-33,43,48H,3,12-15,24H2,1-2H3;3-4H,1,5-6H2,2H3;/q-1;;+1/t32-,33-;;/m0../s1. The van der Waals surface area contributed by atoms with E-state index in [-0.39, 0.29) is 49.5 Å². The van der Waals surface area contributed by atoms with Crippen LogP contribution in [0.2, 0.25) is 4.81 Å². The number of carbonyl (C=O) groups is 5. The zero-order chi connectivity index (χ0) is 48.0. The first-order valence-corrected chi connectivity index (χ1v) is 26.2. The van der Waals surface area contributed by atoms with Crippen molar-refractivity contribution < 1.29 is 62.1 Å². The van der Waals surface area contributed by atoms with Crippen LogP contribution in [-0.2, 0) is 39.8 Å². The molecule has 6 heterocycles. The molecule has 4 aromatic rings. The van der Waals surface area contributed by atoms with Crippen LogP contribution in [0.25, 0.3) is 11.1 Å². The molecule has 4 aromatic carbocycles. The van der Waals surface area contributed by atoms with E-state index in [1.54, 1.807) is 46.5 Å². The molecular weight excluding hydrogens is 1050 g/mol. The Morgan fingerprint density at radius 3 is 1.88 bits per heavy atom. The van der Waals surface area contributed by atoms with Crippen LogP contribution < -0.4 is 18.1 Å². The van der Waals surface area contributed by atoms with E-state index in [0.717, 1.165) is 32.9 Å². The Bertz CT molecular complexity index is 2920. The summed E-state index contributed by atoms with van der Waals surface area (Å²) in [5.74, 6) is -0.0942. The number of carbonyl (C=O) groups excluding carboxylic acids is 5. The molecule has 1 fully saturated rings. The molecule has 0 aliphatic carbocycles. The van der Waals surface area contributed by atoms with Gasteiger partial charge >= 0.3 is 223 Å². The fourth-order valence-electron chi connectivity index (χ4n) is 9.57. The Labute approximate surface area is 407 Å². The van der Waals surface area contributed by atoms with Gasteiger partial charge in [0, 0.05) is 36.9 Å². The Kier molecular flexibility index (Phi) is 12.5. The minimum atomic E-state index is -1.40. The number of likely N-dealkylation sites (N-methyl/N-ethyl adjacent to an activating group) is 1. The van der Waals surface area contributed by atoms with E-state index in [1.807, 2.05) is 55.5 Å². The molecule has 10 rings (SSSR count). The third-order valence-corrected chi connectivity index (χ3v) is 16.0. The number of fused-ring (bicyclic) bond motifs is 4. The summed E-state index contributed by atoms with van der Waals surface area (Å²) in [6, 6.07) is 22.4. The summed E-state index contributed by atoms with van der Waals surface area (Å²) in [5.41, 5.74) is 7.24. The molecule has 17 heteroatoms. The number of hydrogen-bond acceptors (Lipinski definition) is 13. The number of ether oxygens (including phenoxy) is 3. The van der Waals surface area contributed by atoms with Crippen LogP contribution >= 0.6 is 0 Å². The molecule has 1 saturated heterocycles. The quantitative estimate of drug-likeness (QED) is 0.0950. The van der Waals surface area contributed by atoms with Gasteiger partial charge in [-0.2, -0.15) is 0 Å². The number of benzene rings is 4. The van der Waals surface area contributed by atoms with Gasteiger partial charge in [0.1, 0.15) is 5.75 Å². The molecule has 69 heavy (non-hydrogen) atoms. The number of Topliss-reactive ketones (excluding diaryl/α,β-unsaturated/α-hetero) is 1. The van der Waals surface area contributed by atoms with E-state index in [0.29, 0.717) is 82.5 Å². The maximum absolute atomic E-state index is 14.0. The summed E-state index contributed by atoms with van der Waals surface area (Å²) in [4.78, 5) is 82.3. The fraction of sp³-hybridized carbons (Fsp3) is 0.288. The Morgan fingerprint density at radius 2 is 1.32 bits per heavy atom. The predicted molar refractivity (Wildman–Crippen MR) is 255 cm³/mol. The second-order valence-electron chi connectivity index (χ2n) is 17.8. The second kappa shape index (κ2) is 18.8. The van der Waals surface area contributed by atoms with Crippen LogP contribution in [0.3, 0.4) is 0 Å². The molecule has 0 saturated carbocycles. The van der Waals surface area contributed by atoms with Gasteiger partial charge in [0.15, 0.2) is 5.75 Å². The van der Waals surface area contributed by atoms with Crippen molar-refractivity contribution in [1.82, 2.24) is 19.6 Å². The number of imide groups is 1. The first-order chi connectivity index (χ1) is 33.4. The van der Waals surface area contributed by atoms with Crippen LogP contribution in [0.4, 0.5) is 17.1 Å². The number of aliphatic imine (C=N–C) groups is 2. The number of aliphatic hydroxyl groups excluding tert-OH is 1. The van der Waals surface area contributed by atoms with Crippen molar-refractivity contribution in [1.29, 1.82) is 0 Å². The number of nitrogens with zero attached hydrogens (tertiary/aromatic N) is 6. The number of aryl methyl sites for hydroxylation is 1. The van der Waals surface area contributed by atoms with E-state index in [1.165, 1.54) is 24.8 Å². The van der Waals surface area contributed by atoms with Gasteiger partial charge in [-0.15, -0.1) is 0 Å². The van der Waals surface area contributed by atoms with Gasteiger partial charge in [-0.3, -0.25) is 9.79 Å². The van der Waals surface area contributed by atoms with E-state index >= 15 is 0 Å². The molecule has 2 atom stereocenters. The minimum absolute atomic E-state index is 0.0836. The van der Waals surface area contributed by atoms with Gasteiger partial charge in [0.25, 0.3) is 5.91 Å². The number of rotatable bonds is 16. The van der Waals surface area contributed by atoms with Crippen LogP contribution in [0.5, 0.6) is 17.2 Å². The molecule has 16 nitrogen and oxygen atoms in total. The summed E-state index contributed by atoms with van der Waals surface area (Å²) in [7, 11) is 3.38. The average molecular weight is 1100 g/mol. The molecule has 6 aliphatic heterocycles. The van der Waals surface area contributed by atoms with E-state index in [9.17, 15) is 29.1 Å². The number of amides is 4. The van der Waals surface area contributed by atoms with Crippen molar-refractivity contribution in [3.63, 3.8) is 0 Å². The zero-order valence-corrected chi connectivity index (χ0v) is 41.1. The number of methoxy groups -OCH3 is 1. The normalized spacial score (nSPS) is 19.9. The average Bonchev–Trinajstić information content (AvgIpc) is 4.03. The number of nitrogens with one attached hydrogen (secondary N) is 1. The van der Waals surface area contributed by atoms with Gasteiger partial charge < -0.3 is 24.2 Å². The first kappa shape index (κ1) is 45.8. The molecule has 4 amide bonds. The predicted octanol–water partition coefficient (Wildman–Crippen LogP) is 6.29. The SMILES string of the molecule is COc1cc2c(cc1OCCCOc1cc3c(cc1CO)C(=O)N1C=C(c4ccc(C)cc4)C[C@H]1C=N3)N=C[C@@H]1CC(c3ccc([NH][W][CH2]C(=O)C4(N5C(=O)C=CC5=O)CN(C)C4)cc3)=CN1C2=O. The molecule has 6 aliphatic rings.